The predicted molar refractivity (Wildman–Crippen MR) is 83.4 cm³/mol. The quantitative estimate of drug-likeness (QED) is 0.696. The Morgan fingerprint density at radius 1 is 1.26 bits per heavy atom. The van der Waals surface area contributed by atoms with Gasteiger partial charge in [0.2, 0.25) is 0 Å². The molecule has 0 aromatic heterocycles. The van der Waals surface area contributed by atoms with Gasteiger partial charge in [0.05, 0.1) is 11.0 Å². The van der Waals surface area contributed by atoms with E-state index in [2.05, 4.69) is 0 Å². The van der Waals surface area contributed by atoms with E-state index >= 15 is 0 Å². The van der Waals surface area contributed by atoms with Crippen LogP contribution in [0, 0.1) is 15.9 Å². The number of nitrogens with zero attached hydrogens (tertiary/aromatic N) is 2. The van der Waals surface area contributed by atoms with Crippen molar-refractivity contribution >= 4 is 5.69 Å². The van der Waals surface area contributed by atoms with Crippen molar-refractivity contribution < 1.29 is 14.4 Å². The van der Waals surface area contributed by atoms with Gasteiger partial charge in [0.1, 0.15) is 5.82 Å². The Morgan fingerprint density at radius 2 is 2.04 bits per heavy atom. The molecule has 0 bridgehead atoms. The van der Waals surface area contributed by atoms with Crippen LogP contribution in [-0.4, -0.2) is 28.0 Å². The van der Waals surface area contributed by atoms with Gasteiger partial charge in [-0.05, 0) is 18.1 Å². The van der Waals surface area contributed by atoms with Gasteiger partial charge < -0.3 is 5.11 Å². The molecule has 1 unspecified atom stereocenters. The molecule has 120 valence electrons. The Balaban J connectivity index is 1.74. The third-order valence-corrected chi connectivity index (χ3v) is 4.21. The van der Waals surface area contributed by atoms with Crippen LogP contribution in [0.4, 0.5) is 10.1 Å². The van der Waals surface area contributed by atoms with Crippen molar-refractivity contribution in [2.75, 3.05) is 13.1 Å². The summed E-state index contributed by atoms with van der Waals surface area (Å²) in [5, 5.41) is 21.3. The van der Waals surface area contributed by atoms with Crippen LogP contribution in [0.3, 0.4) is 0 Å². The first-order valence-corrected chi connectivity index (χ1v) is 7.46. The van der Waals surface area contributed by atoms with Gasteiger partial charge in [-0.1, -0.05) is 30.3 Å². The van der Waals surface area contributed by atoms with Gasteiger partial charge in [0, 0.05) is 36.8 Å². The average Bonchev–Trinajstić information content (AvgIpc) is 2.54. The predicted octanol–water partition coefficient (Wildman–Crippen LogP) is 2.83. The molecule has 1 aliphatic rings. The van der Waals surface area contributed by atoms with Crippen LogP contribution < -0.4 is 0 Å². The molecule has 0 radical (unpaired) electrons. The normalized spacial score (nSPS) is 15.9. The summed E-state index contributed by atoms with van der Waals surface area (Å²) >= 11 is 0. The highest BCUT2D eigenvalue weighted by Crippen LogP contribution is 2.29. The topological polar surface area (TPSA) is 66.6 Å². The van der Waals surface area contributed by atoms with E-state index in [1.54, 1.807) is 24.3 Å². The van der Waals surface area contributed by atoms with E-state index in [0.717, 1.165) is 11.1 Å². The van der Waals surface area contributed by atoms with Crippen LogP contribution in [0.2, 0.25) is 0 Å². The van der Waals surface area contributed by atoms with E-state index in [0.29, 0.717) is 26.1 Å². The number of aliphatic hydroxyl groups excluding tert-OH is 1. The highest BCUT2D eigenvalue weighted by Gasteiger charge is 2.25. The van der Waals surface area contributed by atoms with Crippen LogP contribution in [0.5, 0.6) is 0 Å². The minimum Gasteiger partial charge on any atom is -0.387 e. The first kappa shape index (κ1) is 15.6. The van der Waals surface area contributed by atoms with Crippen LogP contribution in [-0.2, 0) is 13.0 Å². The second-order valence-electron chi connectivity index (χ2n) is 5.69. The monoisotopic (exact) mass is 316 g/mol. The zero-order chi connectivity index (χ0) is 16.4. The molecule has 0 spiro atoms. The largest absolute Gasteiger partial charge is 0.387 e. The number of halogens is 1. The van der Waals surface area contributed by atoms with Crippen LogP contribution in [0.15, 0.2) is 42.5 Å². The zero-order valence-electron chi connectivity index (χ0n) is 12.5. The van der Waals surface area contributed by atoms with Crippen molar-refractivity contribution in [2.45, 2.75) is 19.1 Å². The lowest BCUT2D eigenvalue weighted by molar-refractivity contribution is -0.385. The van der Waals surface area contributed by atoms with Gasteiger partial charge >= 0.3 is 0 Å². The van der Waals surface area contributed by atoms with Crippen molar-refractivity contribution in [1.82, 2.24) is 4.90 Å². The van der Waals surface area contributed by atoms with Gasteiger partial charge in [-0.2, -0.15) is 0 Å². The minimum atomic E-state index is -0.920. The van der Waals surface area contributed by atoms with E-state index in [1.807, 2.05) is 11.0 Å². The Hall–Kier alpha value is -2.31. The van der Waals surface area contributed by atoms with E-state index in [9.17, 15) is 19.6 Å². The van der Waals surface area contributed by atoms with Crippen molar-refractivity contribution in [2.24, 2.45) is 0 Å². The summed E-state index contributed by atoms with van der Waals surface area (Å²) in [6.07, 6.45) is -0.368. The molecule has 3 rings (SSSR count). The number of aliphatic hydroxyl groups is 1. The number of benzene rings is 2. The number of rotatable bonds is 4. The molecule has 0 amide bonds. The molecule has 1 atom stereocenters. The van der Waals surface area contributed by atoms with Crippen LogP contribution >= 0.6 is 0 Å². The smallest absolute Gasteiger partial charge is 0.272 e. The molecule has 1 heterocycles. The van der Waals surface area contributed by atoms with Crippen LogP contribution in [0.25, 0.3) is 0 Å². The first-order chi connectivity index (χ1) is 11.1. The van der Waals surface area contributed by atoms with E-state index in [1.165, 1.54) is 12.1 Å². The Labute approximate surface area is 133 Å². The fraction of sp³-hybridized carbons (Fsp3) is 0.294. The number of fused-ring (bicyclic) bond motifs is 1. The highest BCUT2D eigenvalue weighted by molar-refractivity contribution is 5.46. The fourth-order valence-corrected chi connectivity index (χ4v) is 3.06. The highest BCUT2D eigenvalue weighted by atomic mass is 19.1. The Bertz CT molecular complexity index is 736. The van der Waals surface area contributed by atoms with Crippen molar-refractivity contribution in [1.29, 1.82) is 0 Å². The third kappa shape index (κ3) is 3.23. The lowest BCUT2D eigenvalue weighted by Crippen LogP contribution is -2.34. The molecule has 0 fully saturated rings. The van der Waals surface area contributed by atoms with E-state index in [-0.39, 0.29) is 16.2 Å². The fourth-order valence-electron chi connectivity index (χ4n) is 3.06. The maximum atomic E-state index is 13.7. The molecule has 0 saturated heterocycles. The molecule has 5 nitrogen and oxygen atoms in total. The zero-order valence-corrected chi connectivity index (χ0v) is 12.5. The maximum absolute atomic E-state index is 13.7. The molecular weight excluding hydrogens is 299 g/mol. The van der Waals surface area contributed by atoms with Gasteiger partial charge in [-0.25, -0.2) is 4.39 Å². The van der Waals surface area contributed by atoms with Crippen LogP contribution in [0.1, 0.15) is 22.8 Å². The van der Waals surface area contributed by atoms with E-state index < -0.39 is 11.9 Å². The SMILES string of the molecule is O=[N+]([O-])c1cccc2c1CCN(CC(O)c1ccccc1F)C2. The third-order valence-electron chi connectivity index (χ3n) is 4.21. The number of hydrogen-bond donors (Lipinski definition) is 1. The lowest BCUT2D eigenvalue weighted by atomic mass is 9.97. The second-order valence-corrected chi connectivity index (χ2v) is 5.69. The summed E-state index contributed by atoms with van der Waals surface area (Å²) in [5.41, 5.74) is 2.08. The molecule has 0 saturated carbocycles. The van der Waals surface area contributed by atoms with Crippen molar-refractivity contribution in [3.05, 3.63) is 75.1 Å². The molecule has 1 aliphatic heterocycles. The van der Waals surface area contributed by atoms with Gasteiger partial charge in [-0.15, -0.1) is 0 Å². The number of nitro benzene ring substituents is 1. The first-order valence-electron chi connectivity index (χ1n) is 7.46. The molecule has 0 aliphatic carbocycles. The molecule has 6 heteroatoms. The number of hydrogen-bond acceptors (Lipinski definition) is 4. The van der Waals surface area contributed by atoms with Gasteiger partial charge in [0.25, 0.3) is 5.69 Å². The number of nitro groups is 1. The van der Waals surface area contributed by atoms with Gasteiger partial charge in [0.15, 0.2) is 0 Å². The molecule has 1 N–H and O–H groups in total. The molecule has 2 aromatic carbocycles. The summed E-state index contributed by atoms with van der Waals surface area (Å²) in [5.74, 6) is -0.423. The summed E-state index contributed by atoms with van der Waals surface area (Å²) < 4.78 is 13.7. The summed E-state index contributed by atoms with van der Waals surface area (Å²) in [7, 11) is 0. The standard InChI is InChI=1S/C17H17FN2O3/c18-15-6-2-1-5-14(15)17(21)11-19-9-8-13-12(10-19)4-3-7-16(13)20(22)23/h1-7,17,21H,8-11H2. The molecule has 2 aromatic rings. The summed E-state index contributed by atoms with van der Waals surface area (Å²) in [6, 6.07) is 11.2. The number of β-amino-alcohol motifs (C(OH)–C–C–N with tert-alkyl or cyclic N) is 1. The Kier molecular flexibility index (Phi) is 4.36. The average molecular weight is 316 g/mol. The summed E-state index contributed by atoms with van der Waals surface area (Å²) in [6.45, 7) is 1.41. The van der Waals surface area contributed by atoms with Gasteiger partial charge in [-0.3, -0.25) is 15.0 Å². The molecular formula is C17H17FN2O3. The second kappa shape index (κ2) is 6.44. The summed E-state index contributed by atoms with van der Waals surface area (Å²) in [4.78, 5) is 12.7. The maximum Gasteiger partial charge on any atom is 0.272 e. The van der Waals surface area contributed by atoms with Crippen molar-refractivity contribution in [3.63, 3.8) is 0 Å². The minimum absolute atomic E-state index is 0.150. The van der Waals surface area contributed by atoms with E-state index in [4.69, 9.17) is 0 Å². The Morgan fingerprint density at radius 3 is 2.78 bits per heavy atom. The lowest BCUT2D eigenvalue weighted by Gasteiger charge is -2.30. The molecule has 23 heavy (non-hydrogen) atoms. The van der Waals surface area contributed by atoms with Crippen molar-refractivity contribution in [3.8, 4) is 0 Å².